The van der Waals surface area contributed by atoms with E-state index >= 15 is 0 Å². The summed E-state index contributed by atoms with van der Waals surface area (Å²) in [6.07, 6.45) is 1.45. The van der Waals surface area contributed by atoms with Crippen LogP contribution < -0.4 is 10.2 Å². The number of hydrogen-bond acceptors (Lipinski definition) is 4. The molecule has 0 bridgehead atoms. The second-order valence-electron chi connectivity index (χ2n) is 7.99. The molecule has 2 N–H and O–H groups in total. The van der Waals surface area contributed by atoms with Gasteiger partial charge in [0.15, 0.2) is 0 Å². The standard InChI is InChI=1S/C23H30N2O3/c1-23(2,27)13-12-18-8-10-19(11-9-18)22(26)24-16-21-17-25(14-15-28-21)20-6-4-3-5-7-20/h3-11,21,27H,12-17H2,1-2H3,(H,24,26)/t21-/m1/s1. The molecule has 1 fully saturated rings. The average molecular weight is 383 g/mol. The second-order valence-corrected chi connectivity index (χ2v) is 7.99. The van der Waals surface area contributed by atoms with Gasteiger partial charge in [0.2, 0.25) is 0 Å². The van der Waals surface area contributed by atoms with Gasteiger partial charge in [0.25, 0.3) is 5.91 Å². The van der Waals surface area contributed by atoms with E-state index in [2.05, 4.69) is 22.3 Å². The number of carbonyl (C=O) groups excluding carboxylic acids is 1. The maximum atomic E-state index is 12.4. The van der Waals surface area contributed by atoms with Crippen molar-refractivity contribution in [1.29, 1.82) is 0 Å². The van der Waals surface area contributed by atoms with Crippen LogP contribution in [0.4, 0.5) is 5.69 Å². The van der Waals surface area contributed by atoms with Crippen molar-refractivity contribution in [1.82, 2.24) is 5.32 Å². The Hall–Kier alpha value is -2.37. The van der Waals surface area contributed by atoms with Crippen LogP contribution in [-0.2, 0) is 11.2 Å². The van der Waals surface area contributed by atoms with Gasteiger partial charge in [-0.05, 0) is 56.5 Å². The highest BCUT2D eigenvalue weighted by molar-refractivity contribution is 5.94. The number of nitrogens with one attached hydrogen (secondary N) is 1. The number of rotatable bonds is 7. The van der Waals surface area contributed by atoms with Gasteiger partial charge in [0, 0.05) is 30.9 Å². The molecular weight excluding hydrogens is 352 g/mol. The molecule has 2 aromatic rings. The lowest BCUT2D eigenvalue weighted by Crippen LogP contribution is -2.47. The predicted molar refractivity (Wildman–Crippen MR) is 112 cm³/mol. The number of carbonyl (C=O) groups is 1. The third-order valence-electron chi connectivity index (χ3n) is 4.99. The van der Waals surface area contributed by atoms with Gasteiger partial charge in [-0.25, -0.2) is 0 Å². The third kappa shape index (κ3) is 6.08. The fourth-order valence-corrected chi connectivity index (χ4v) is 3.30. The van der Waals surface area contributed by atoms with Crippen LogP contribution in [0.2, 0.25) is 0 Å². The first-order chi connectivity index (χ1) is 13.4. The van der Waals surface area contributed by atoms with Gasteiger partial charge in [-0.15, -0.1) is 0 Å². The Labute approximate surface area is 167 Å². The summed E-state index contributed by atoms with van der Waals surface area (Å²) in [6, 6.07) is 17.9. The van der Waals surface area contributed by atoms with Crippen LogP contribution in [0.25, 0.3) is 0 Å². The number of benzene rings is 2. The second kappa shape index (κ2) is 9.22. The lowest BCUT2D eigenvalue weighted by atomic mass is 9.98. The van der Waals surface area contributed by atoms with E-state index in [1.54, 1.807) is 13.8 Å². The fourth-order valence-electron chi connectivity index (χ4n) is 3.30. The van der Waals surface area contributed by atoms with Gasteiger partial charge in [0.05, 0.1) is 18.3 Å². The Morgan fingerprint density at radius 1 is 1.18 bits per heavy atom. The zero-order chi connectivity index (χ0) is 20.0. The minimum absolute atomic E-state index is 0.0241. The van der Waals surface area contributed by atoms with Gasteiger partial charge in [0.1, 0.15) is 0 Å². The van der Waals surface area contributed by atoms with Crippen LogP contribution >= 0.6 is 0 Å². The van der Waals surface area contributed by atoms with Crippen LogP contribution in [0.15, 0.2) is 54.6 Å². The van der Waals surface area contributed by atoms with Crippen molar-refractivity contribution in [3.63, 3.8) is 0 Å². The highest BCUT2D eigenvalue weighted by Gasteiger charge is 2.21. The number of para-hydroxylation sites is 1. The van der Waals surface area contributed by atoms with Crippen LogP contribution in [-0.4, -0.2) is 49.0 Å². The summed E-state index contributed by atoms with van der Waals surface area (Å²) in [5, 5.41) is 12.8. The molecule has 28 heavy (non-hydrogen) atoms. The maximum absolute atomic E-state index is 12.4. The summed E-state index contributed by atoms with van der Waals surface area (Å²) in [7, 11) is 0. The number of hydrogen-bond donors (Lipinski definition) is 2. The maximum Gasteiger partial charge on any atom is 0.251 e. The van der Waals surface area contributed by atoms with Crippen molar-refractivity contribution in [2.45, 2.75) is 38.4 Å². The Morgan fingerprint density at radius 3 is 2.57 bits per heavy atom. The Balaban J connectivity index is 1.48. The highest BCUT2D eigenvalue weighted by Crippen LogP contribution is 2.17. The minimum Gasteiger partial charge on any atom is -0.390 e. The average Bonchev–Trinajstić information content (AvgIpc) is 2.71. The fraction of sp³-hybridized carbons (Fsp3) is 0.435. The minimum atomic E-state index is -0.677. The van der Waals surface area contributed by atoms with Crippen molar-refractivity contribution in [3.8, 4) is 0 Å². The molecule has 1 aliphatic heterocycles. The molecule has 0 saturated carbocycles. The van der Waals surface area contributed by atoms with Gasteiger partial charge in [-0.2, -0.15) is 0 Å². The topological polar surface area (TPSA) is 61.8 Å². The first-order valence-corrected chi connectivity index (χ1v) is 9.92. The molecule has 3 rings (SSSR count). The molecule has 150 valence electrons. The van der Waals surface area contributed by atoms with E-state index in [1.165, 1.54) is 5.69 Å². The number of anilines is 1. The lowest BCUT2D eigenvalue weighted by Gasteiger charge is -2.34. The van der Waals surface area contributed by atoms with E-state index in [9.17, 15) is 9.90 Å². The molecule has 0 spiro atoms. The SMILES string of the molecule is CC(C)(O)CCc1ccc(C(=O)NC[C@@H]2CN(c3ccccc3)CCO2)cc1. The Morgan fingerprint density at radius 2 is 1.89 bits per heavy atom. The summed E-state index contributed by atoms with van der Waals surface area (Å²) in [5.74, 6) is -0.0885. The normalized spacial score (nSPS) is 17.4. The zero-order valence-electron chi connectivity index (χ0n) is 16.7. The van der Waals surface area contributed by atoms with Crippen molar-refractivity contribution >= 4 is 11.6 Å². The van der Waals surface area contributed by atoms with E-state index in [4.69, 9.17) is 4.74 Å². The molecule has 5 nitrogen and oxygen atoms in total. The summed E-state index contributed by atoms with van der Waals surface area (Å²) < 4.78 is 5.82. The van der Waals surface area contributed by atoms with E-state index in [0.29, 0.717) is 25.1 Å². The first-order valence-electron chi connectivity index (χ1n) is 9.92. The largest absolute Gasteiger partial charge is 0.390 e. The Kier molecular flexibility index (Phi) is 6.70. The van der Waals surface area contributed by atoms with E-state index < -0.39 is 5.60 Å². The first kappa shape index (κ1) is 20.4. The molecule has 0 aliphatic carbocycles. The molecule has 0 aromatic heterocycles. The number of amides is 1. The van der Waals surface area contributed by atoms with E-state index in [0.717, 1.165) is 25.1 Å². The summed E-state index contributed by atoms with van der Waals surface area (Å²) in [4.78, 5) is 14.7. The summed E-state index contributed by atoms with van der Waals surface area (Å²) >= 11 is 0. The van der Waals surface area contributed by atoms with Gasteiger partial charge in [-0.3, -0.25) is 4.79 Å². The molecule has 1 saturated heterocycles. The van der Waals surface area contributed by atoms with Crippen molar-refractivity contribution in [2.24, 2.45) is 0 Å². The molecule has 5 heteroatoms. The zero-order valence-corrected chi connectivity index (χ0v) is 16.7. The predicted octanol–water partition coefficient (Wildman–Crippen LogP) is 3.03. The number of morpholine rings is 1. The van der Waals surface area contributed by atoms with Gasteiger partial charge < -0.3 is 20.1 Å². The molecule has 1 atom stereocenters. The summed E-state index contributed by atoms with van der Waals surface area (Å²) in [6.45, 7) is 6.39. The molecule has 1 amide bonds. The highest BCUT2D eigenvalue weighted by atomic mass is 16.5. The van der Waals surface area contributed by atoms with Crippen molar-refractivity contribution in [2.75, 3.05) is 31.1 Å². The molecule has 0 unspecified atom stereocenters. The number of aliphatic hydroxyl groups is 1. The van der Waals surface area contributed by atoms with E-state index in [-0.39, 0.29) is 12.0 Å². The number of ether oxygens (including phenoxy) is 1. The van der Waals surface area contributed by atoms with Crippen LogP contribution in [0.1, 0.15) is 36.2 Å². The number of aryl methyl sites for hydroxylation is 1. The molecule has 1 heterocycles. The molecule has 2 aromatic carbocycles. The van der Waals surface area contributed by atoms with Crippen molar-refractivity contribution < 1.29 is 14.6 Å². The lowest BCUT2D eigenvalue weighted by molar-refractivity contribution is 0.0397. The number of nitrogens with zero attached hydrogens (tertiary/aromatic N) is 1. The summed E-state index contributed by atoms with van der Waals surface area (Å²) in [5.41, 5.74) is 2.27. The Bertz CT molecular complexity index is 754. The van der Waals surface area contributed by atoms with Crippen LogP contribution in [0.5, 0.6) is 0 Å². The van der Waals surface area contributed by atoms with Gasteiger partial charge >= 0.3 is 0 Å². The van der Waals surface area contributed by atoms with E-state index in [1.807, 2.05) is 42.5 Å². The quantitative estimate of drug-likeness (QED) is 0.773. The van der Waals surface area contributed by atoms with Crippen molar-refractivity contribution in [3.05, 3.63) is 65.7 Å². The smallest absolute Gasteiger partial charge is 0.251 e. The third-order valence-corrected chi connectivity index (χ3v) is 4.99. The molecule has 1 aliphatic rings. The monoisotopic (exact) mass is 382 g/mol. The molecule has 0 radical (unpaired) electrons. The molecular formula is C23H30N2O3. The van der Waals surface area contributed by atoms with Crippen LogP contribution in [0.3, 0.4) is 0 Å². The van der Waals surface area contributed by atoms with Crippen LogP contribution in [0, 0.1) is 0 Å². The van der Waals surface area contributed by atoms with Gasteiger partial charge in [-0.1, -0.05) is 30.3 Å².